The van der Waals surface area contributed by atoms with Crippen LogP contribution in [0.1, 0.15) is 43.2 Å². The van der Waals surface area contributed by atoms with Crippen LogP contribution in [0, 0.1) is 0 Å². The minimum absolute atomic E-state index is 0.155. The molecule has 0 atom stereocenters. The van der Waals surface area contributed by atoms with Crippen LogP contribution in [0.15, 0.2) is 126 Å². The average Bonchev–Trinajstić information content (AvgIpc) is 3.59. The predicted octanol–water partition coefficient (Wildman–Crippen LogP) is 10.6. The van der Waals surface area contributed by atoms with E-state index in [1.807, 2.05) is 36.4 Å². The first kappa shape index (κ1) is 24.6. The Hall–Kier alpha value is -5.02. The third kappa shape index (κ3) is 3.74. The third-order valence-corrected chi connectivity index (χ3v) is 9.72. The van der Waals surface area contributed by atoms with Gasteiger partial charge in [-0.05, 0) is 64.4 Å². The van der Waals surface area contributed by atoms with E-state index in [-0.39, 0.29) is 5.41 Å². The summed E-state index contributed by atoms with van der Waals surface area (Å²) in [6.07, 6.45) is 6.42. The second kappa shape index (κ2) is 9.50. The topological polar surface area (TPSA) is 38.9 Å². The van der Waals surface area contributed by atoms with Crippen molar-refractivity contribution >= 4 is 22.1 Å². The van der Waals surface area contributed by atoms with Gasteiger partial charge in [0.15, 0.2) is 11.4 Å². The molecule has 1 saturated carbocycles. The van der Waals surface area contributed by atoms with E-state index in [0.717, 1.165) is 38.9 Å². The fraction of sp³-hybridized carbons (Fsp3) is 0.150. The molecule has 5 aromatic carbocycles. The highest BCUT2D eigenvalue weighted by molar-refractivity contribution is 6.07. The smallest absolute Gasteiger partial charge is 0.180 e. The van der Waals surface area contributed by atoms with Gasteiger partial charge < -0.3 is 4.42 Å². The fourth-order valence-electron chi connectivity index (χ4n) is 7.65. The van der Waals surface area contributed by atoms with Crippen LogP contribution in [0.2, 0.25) is 0 Å². The van der Waals surface area contributed by atoms with Crippen LogP contribution in [0.4, 0.5) is 0 Å². The lowest BCUT2D eigenvalue weighted by molar-refractivity contribution is 0.353. The van der Waals surface area contributed by atoms with Crippen LogP contribution in [-0.2, 0) is 5.41 Å². The maximum atomic E-state index is 6.36. The molecule has 0 amide bonds. The van der Waals surface area contributed by atoms with Gasteiger partial charge in [0.2, 0.25) is 0 Å². The molecular weight excluding hydrogens is 524 g/mol. The van der Waals surface area contributed by atoms with Gasteiger partial charge in [-0.3, -0.25) is 0 Å². The molecule has 1 spiro atoms. The quantitative estimate of drug-likeness (QED) is 0.218. The van der Waals surface area contributed by atoms with Crippen LogP contribution in [0.3, 0.4) is 0 Å². The van der Waals surface area contributed by atoms with Gasteiger partial charge in [-0.2, -0.15) is 0 Å². The Morgan fingerprint density at radius 1 is 0.535 bits per heavy atom. The van der Waals surface area contributed by atoms with Gasteiger partial charge in [-0.25, -0.2) is 9.97 Å². The number of aromatic nitrogens is 2. The highest BCUT2D eigenvalue weighted by atomic mass is 16.3. The van der Waals surface area contributed by atoms with Gasteiger partial charge in [0.1, 0.15) is 16.8 Å². The molecule has 0 aliphatic heterocycles. The van der Waals surface area contributed by atoms with Crippen LogP contribution in [0.25, 0.3) is 67.0 Å². The van der Waals surface area contributed by atoms with E-state index in [1.54, 1.807) is 0 Å². The number of fused-ring (bicyclic) bond motifs is 8. The van der Waals surface area contributed by atoms with E-state index in [2.05, 4.69) is 84.9 Å². The summed E-state index contributed by atoms with van der Waals surface area (Å²) in [7, 11) is 0. The van der Waals surface area contributed by atoms with Crippen LogP contribution in [0.5, 0.6) is 0 Å². The normalized spacial score (nSPS) is 15.2. The molecule has 43 heavy (non-hydrogen) atoms. The van der Waals surface area contributed by atoms with Gasteiger partial charge in [-0.1, -0.05) is 122 Å². The lowest BCUT2D eigenvalue weighted by Gasteiger charge is -2.36. The Balaban J connectivity index is 1.16. The van der Waals surface area contributed by atoms with Crippen molar-refractivity contribution in [3.05, 3.63) is 132 Å². The Bertz CT molecular complexity index is 2150. The summed E-state index contributed by atoms with van der Waals surface area (Å²) in [5.41, 5.74) is 13.7. The van der Waals surface area contributed by atoms with E-state index in [1.165, 1.54) is 65.5 Å². The number of para-hydroxylation sites is 1. The number of rotatable bonds is 3. The summed E-state index contributed by atoms with van der Waals surface area (Å²) >= 11 is 0. The zero-order valence-corrected chi connectivity index (χ0v) is 23.9. The Morgan fingerprint density at radius 3 is 2.09 bits per heavy atom. The summed E-state index contributed by atoms with van der Waals surface area (Å²) in [5, 5.41) is 1.01. The maximum absolute atomic E-state index is 6.36. The van der Waals surface area contributed by atoms with Gasteiger partial charge in [0.05, 0.1) is 0 Å². The van der Waals surface area contributed by atoms with Gasteiger partial charge in [0.25, 0.3) is 0 Å². The van der Waals surface area contributed by atoms with E-state index in [9.17, 15) is 0 Å². The number of hydrogen-bond acceptors (Lipinski definition) is 3. The first-order chi connectivity index (χ1) is 21.3. The van der Waals surface area contributed by atoms with E-state index < -0.39 is 0 Å². The monoisotopic (exact) mass is 554 g/mol. The molecule has 3 nitrogen and oxygen atoms in total. The molecule has 0 radical (unpaired) electrons. The lowest BCUT2D eigenvalue weighted by Crippen LogP contribution is -2.28. The maximum Gasteiger partial charge on any atom is 0.180 e. The zero-order chi connectivity index (χ0) is 28.4. The number of hydrogen-bond donors (Lipinski definition) is 0. The molecule has 9 rings (SSSR count). The average molecular weight is 555 g/mol. The standard InChI is InChI=1S/C40H30N2O/c1-3-11-28(12-4-1)39-41-36(38-37(42-39)32-14-6-8-16-35(32)43-38)27-19-17-26(18-20-27)29-21-22-31-30-13-5-7-15-33(30)40(34(31)25-29)23-9-2-10-24-40/h1,3-8,11-22,25H,2,9-10,23-24H2. The minimum Gasteiger partial charge on any atom is -0.452 e. The molecule has 1 fully saturated rings. The highest BCUT2D eigenvalue weighted by Crippen LogP contribution is 2.56. The van der Waals surface area contributed by atoms with Crippen molar-refractivity contribution in [2.75, 3.05) is 0 Å². The summed E-state index contributed by atoms with van der Waals surface area (Å²) in [4.78, 5) is 10.0. The van der Waals surface area contributed by atoms with E-state index in [0.29, 0.717) is 5.82 Å². The van der Waals surface area contributed by atoms with Crippen molar-refractivity contribution in [2.24, 2.45) is 0 Å². The second-order valence-corrected chi connectivity index (χ2v) is 12.1. The lowest BCUT2D eigenvalue weighted by atomic mass is 9.67. The van der Waals surface area contributed by atoms with Crippen molar-refractivity contribution < 1.29 is 4.42 Å². The van der Waals surface area contributed by atoms with Crippen LogP contribution < -0.4 is 0 Å². The Kier molecular flexibility index (Phi) is 5.43. The molecule has 0 saturated heterocycles. The molecule has 3 heteroatoms. The van der Waals surface area contributed by atoms with Crippen molar-refractivity contribution in [1.82, 2.24) is 9.97 Å². The Labute approximate surface area is 250 Å². The fourth-order valence-corrected chi connectivity index (χ4v) is 7.65. The predicted molar refractivity (Wildman–Crippen MR) is 175 cm³/mol. The molecule has 7 aromatic rings. The summed E-state index contributed by atoms with van der Waals surface area (Å²) < 4.78 is 6.36. The summed E-state index contributed by atoms with van der Waals surface area (Å²) in [5.74, 6) is 0.703. The van der Waals surface area contributed by atoms with Gasteiger partial charge >= 0.3 is 0 Å². The minimum atomic E-state index is 0.155. The van der Waals surface area contributed by atoms with Crippen molar-refractivity contribution in [2.45, 2.75) is 37.5 Å². The molecule has 2 heterocycles. The third-order valence-electron chi connectivity index (χ3n) is 9.72. The SMILES string of the molecule is c1ccc(-c2nc(-c3ccc(-c4ccc5c(c4)C4(CCCCC4)c4ccccc4-5)cc3)c3oc4ccccc4c3n2)cc1. The molecule has 0 N–H and O–H groups in total. The number of nitrogens with zero attached hydrogens (tertiary/aromatic N) is 2. The Morgan fingerprint density at radius 2 is 1.23 bits per heavy atom. The number of benzene rings is 5. The van der Waals surface area contributed by atoms with Crippen molar-refractivity contribution in [3.8, 4) is 44.9 Å². The molecule has 0 unspecified atom stereocenters. The summed E-state index contributed by atoms with van der Waals surface area (Å²) in [6.45, 7) is 0. The largest absolute Gasteiger partial charge is 0.452 e. The van der Waals surface area contributed by atoms with Gasteiger partial charge in [-0.15, -0.1) is 0 Å². The van der Waals surface area contributed by atoms with Crippen LogP contribution in [-0.4, -0.2) is 9.97 Å². The molecule has 206 valence electrons. The second-order valence-electron chi connectivity index (χ2n) is 12.1. The molecule has 0 bridgehead atoms. The first-order valence-corrected chi connectivity index (χ1v) is 15.4. The molecular formula is C40H30N2O. The van der Waals surface area contributed by atoms with Crippen molar-refractivity contribution in [1.29, 1.82) is 0 Å². The van der Waals surface area contributed by atoms with Crippen LogP contribution >= 0.6 is 0 Å². The van der Waals surface area contributed by atoms with E-state index in [4.69, 9.17) is 14.4 Å². The highest BCUT2D eigenvalue weighted by Gasteiger charge is 2.43. The molecule has 2 aliphatic carbocycles. The number of furan rings is 1. The first-order valence-electron chi connectivity index (χ1n) is 15.4. The zero-order valence-electron chi connectivity index (χ0n) is 23.9. The van der Waals surface area contributed by atoms with Gasteiger partial charge in [0, 0.05) is 21.9 Å². The van der Waals surface area contributed by atoms with E-state index >= 15 is 0 Å². The summed E-state index contributed by atoms with van der Waals surface area (Å²) in [6, 6.07) is 43.3. The van der Waals surface area contributed by atoms with Crippen molar-refractivity contribution in [3.63, 3.8) is 0 Å². The molecule has 2 aliphatic rings. The molecule has 2 aromatic heterocycles.